The fraction of sp³-hybridized carbons (Fsp3) is 0.500. The maximum absolute atomic E-state index is 9.38. The highest BCUT2D eigenvalue weighted by Gasteiger charge is 2.04. The van der Waals surface area contributed by atoms with Crippen molar-refractivity contribution in [3.63, 3.8) is 0 Å². The molecule has 0 saturated carbocycles. The highest BCUT2D eigenvalue weighted by atomic mass is 16.5. The number of hydrogen-bond donors (Lipinski definition) is 2. The van der Waals surface area contributed by atoms with Crippen LogP contribution in [0.4, 0.5) is 0 Å². The molecule has 4 nitrogen and oxygen atoms in total. The molecule has 1 unspecified atom stereocenters. The first-order valence-electron chi connectivity index (χ1n) is 5.29. The summed E-state index contributed by atoms with van der Waals surface area (Å²) in [6.07, 6.45) is -0.599. The van der Waals surface area contributed by atoms with Crippen LogP contribution >= 0.6 is 0 Å². The molecule has 1 rings (SSSR count). The molecule has 1 aromatic rings. The summed E-state index contributed by atoms with van der Waals surface area (Å²) in [4.78, 5) is 0. The minimum atomic E-state index is -0.599. The number of aliphatic hydroxyl groups is 1. The smallest absolute Gasteiger partial charge is 0.119 e. The highest BCUT2D eigenvalue weighted by molar-refractivity contribution is 5.28. The van der Waals surface area contributed by atoms with E-state index in [1.165, 1.54) is 0 Å². The molecule has 90 valence electrons. The Kier molecular flexibility index (Phi) is 5.25. The van der Waals surface area contributed by atoms with Crippen LogP contribution in [0.25, 0.3) is 0 Å². The van der Waals surface area contributed by atoms with E-state index < -0.39 is 6.10 Å². The third kappa shape index (κ3) is 4.18. The third-order valence-electron chi connectivity index (χ3n) is 2.21. The SMILES string of the molecule is COCC(O)COc1ccc([C@@H](C)N)cc1. The molecule has 0 radical (unpaired) electrons. The standard InChI is InChI=1S/C12H19NO3/c1-9(13)10-3-5-12(6-4-10)16-8-11(14)7-15-2/h3-6,9,11,14H,7-8,13H2,1-2H3/t9-,11?/m1/s1. The van der Waals surface area contributed by atoms with Crippen LogP contribution < -0.4 is 10.5 Å². The van der Waals surface area contributed by atoms with Crippen LogP contribution in [0.2, 0.25) is 0 Å². The lowest BCUT2D eigenvalue weighted by Gasteiger charge is -2.12. The molecule has 1 aromatic carbocycles. The van der Waals surface area contributed by atoms with E-state index in [2.05, 4.69) is 0 Å². The number of aliphatic hydroxyl groups excluding tert-OH is 1. The van der Waals surface area contributed by atoms with Gasteiger partial charge in [0.05, 0.1) is 6.61 Å². The number of benzene rings is 1. The second-order valence-electron chi connectivity index (χ2n) is 3.78. The molecule has 0 spiro atoms. The highest BCUT2D eigenvalue weighted by Crippen LogP contribution is 2.16. The molecular weight excluding hydrogens is 206 g/mol. The fourth-order valence-electron chi connectivity index (χ4n) is 1.30. The number of nitrogens with two attached hydrogens (primary N) is 1. The summed E-state index contributed by atoms with van der Waals surface area (Å²) in [5, 5.41) is 9.38. The third-order valence-corrected chi connectivity index (χ3v) is 2.21. The summed E-state index contributed by atoms with van der Waals surface area (Å²) in [7, 11) is 1.54. The van der Waals surface area contributed by atoms with Crippen molar-refractivity contribution in [2.75, 3.05) is 20.3 Å². The molecule has 0 aromatic heterocycles. The van der Waals surface area contributed by atoms with Gasteiger partial charge in [0.1, 0.15) is 18.5 Å². The minimum Gasteiger partial charge on any atom is -0.491 e. The Morgan fingerprint density at radius 2 is 1.88 bits per heavy atom. The molecule has 2 atom stereocenters. The largest absolute Gasteiger partial charge is 0.491 e. The molecule has 0 aliphatic heterocycles. The van der Waals surface area contributed by atoms with Crippen LogP contribution in [0.1, 0.15) is 18.5 Å². The molecule has 0 heterocycles. The van der Waals surface area contributed by atoms with Crippen molar-refractivity contribution in [1.29, 1.82) is 0 Å². The van der Waals surface area contributed by atoms with Crippen LogP contribution in [0.5, 0.6) is 5.75 Å². The molecule has 3 N–H and O–H groups in total. The van der Waals surface area contributed by atoms with Gasteiger partial charge in [-0.15, -0.1) is 0 Å². The van der Waals surface area contributed by atoms with Gasteiger partial charge in [0.2, 0.25) is 0 Å². The normalized spacial score (nSPS) is 14.5. The van der Waals surface area contributed by atoms with E-state index in [1.807, 2.05) is 31.2 Å². The molecule has 0 bridgehead atoms. The maximum Gasteiger partial charge on any atom is 0.119 e. The summed E-state index contributed by atoms with van der Waals surface area (Å²) < 4.78 is 10.2. The van der Waals surface area contributed by atoms with E-state index >= 15 is 0 Å². The fourth-order valence-corrected chi connectivity index (χ4v) is 1.30. The van der Waals surface area contributed by atoms with Gasteiger partial charge in [-0.1, -0.05) is 12.1 Å². The molecule has 0 aliphatic rings. The number of rotatable bonds is 6. The molecular formula is C12H19NO3. The van der Waals surface area contributed by atoms with Gasteiger partial charge in [0, 0.05) is 13.2 Å². The Hall–Kier alpha value is -1.10. The van der Waals surface area contributed by atoms with Gasteiger partial charge < -0.3 is 20.3 Å². The maximum atomic E-state index is 9.38. The molecule has 0 aliphatic carbocycles. The molecule has 0 fully saturated rings. The summed E-state index contributed by atoms with van der Waals surface area (Å²) in [6, 6.07) is 7.55. The van der Waals surface area contributed by atoms with Crippen molar-refractivity contribution in [2.24, 2.45) is 5.73 Å². The van der Waals surface area contributed by atoms with E-state index in [4.69, 9.17) is 15.2 Å². The predicted molar refractivity (Wildman–Crippen MR) is 62.4 cm³/mol. The second kappa shape index (κ2) is 6.48. The van der Waals surface area contributed by atoms with Crippen LogP contribution in [-0.2, 0) is 4.74 Å². The van der Waals surface area contributed by atoms with Crippen molar-refractivity contribution in [1.82, 2.24) is 0 Å². The van der Waals surface area contributed by atoms with E-state index in [1.54, 1.807) is 7.11 Å². The minimum absolute atomic E-state index is 0.0214. The van der Waals surface area contributed by atoms with Gasteiger partial charge in [-0.25, -0.2) is 0 Å². The zero-order valence-corrected chi connectivity index (χ0v) is 9.72. The predicted octanol–water partition coefficient (Wildman–Crippen LogP) is 1.09. The Balaban J connectivity index is 2.43. The van der Waals surface area contributed by atoms with Crippen molar-refractivity contribution in [3.05, 3.63) is 29.8 Å². The van der Waals surface area contributed by atoms with Gasteiger partial charge in [-0.2, -0.15) is 0 Å². The molecule has 4 heteroatoms. The number of ether oxygens (including phenoxy) is 2. The summed E-state index contributed by atoms with van der Waals surface area (Å²) in [6.45, 7) is 2.43. The van der Waals surface area contributed by atoms with Gasteiger partial charge >= 0.3 is 0 Å². The Bertz CT molecular complexity index is 298. The average molecular weight is 225 g/mol. The average Bonchev–Trinajstić information content (AvgIpc) is 2.27. The molecule has 0 saturated heterocycles. The van der Waals surface area contributed by atoms with Gasteiger partial charge in [0.25, 0.3) is 0 Å². The van der Waals surface area contributed by atoms with Gasteiger partial charge in [0.15, 0.2) is 0 Å². The van der Waals surface area contributed by atoms with Crippen LogP contribution in [0.3, 0.4) is 0 Å². The lowest BCUT2D eigenvalue weighted by molar-refractivity contribution is 0.0325. The van der Waals surface area contributed by atoms with Crippen molar-refractivity contribution >= 4 is 0 Å². The Morgan fingerprint density at radius 1 is 1.25 bits per heavy atom. The number of methoxy groups -OCH3 is 1. The van der Waals surface area contributed by atoms with Crippen molar-refractivity contribution < 1.29 is 14.6 Å². The molecule has 16 heavy (non-hydrogen) atoms. The Morgan fingerprint density at radius 3 is 2.38 bits per heavy atom. The summed E-state index contributed by atoms with van der Waals surface area (Å²) in [5.41, 5.74) is 6.79. The quantitative estimate of drug-likeness (QED) is 0.760. The topological polar surface area (TPSA) is 64.7 Å². The van der Waals surface area contributed by atoms with Crippen molar-refractivity contribution in [3.8, 4) is 5.75 Å². The van der Waals surface area contributed by atoms with E-state index in [0.717, 1.165) is 11.3 Å². The lowest BCUT2D eigenvalue weighted by atomic mass is 10.1. The monoisotopic (exact) mass is 225 g/mol. The van der Waals surface area contributed by atoms with Gasteiger partial charge in [-0.05, 0) is 24.6 Å². The van der Waals surface area contributed by atoms with Crippen LogP contribution in [0, 0.1) is 0 Å². The zero-order valence-electron chi connectivity index (χ0n) is 9.72. The van der Waals surface area contributed by atoms with E-state index in [9.17, 15) is 5.11 Å². The zero-order chi connectivity index (χ0) is 12.0. The first kappa shape index (κ1) is 13.0. The first-order chi connectivity index (χ1) is 7.63. The van der Waals surface area contributed by atoms with Crippen molar-refractivity contribution in [2.45, 2.75) is 19.1 Å². The van der Waals surface area contributed by atoms with E-state index in [0.29, 0.717) is 0 Å². The first-order valence-corrected chi connectivity index (χ1v) is 5.29. The number of hydrogen-bond acceptors (Lipinski definition) is 4. The summed E-state index contributed by atoms with van der Waals surface area (Å²) in [5.74, 6) is 0.722. The lowest BCUT2D eigenvalue weighted by Crippen LogP contribution is -2.22. The van der Waals surface area contributed by atoms with Crippen LogP contribution in [0.15, 0.2) is 24.3 Å². The molecule has 0 amide bonds. The van der Waals surface area contributed by atoms with E-state index in [-0.39, 0.29) is 19.3 Å². The van der Waals surface area contributed by atoms with Gasteiger partial charge in [-0.3, -0.25) is 0 Å². The van der Waals surface area contributed by atoms with Crippen LogP contribution in [-0.4, -0.2) is 31.5 Å². The second-order valence-corrected chi connectivity index (χ2v) is 3.78. The Labute approximate surface area is 96.0 Å². The summed E-state index contributed by atoms with van der Waals surface area (Å²) >= 11 is 0.